The number of methoxy groups -OCH3 is 1. The predicted molar refractivity (Wildman–Crippen MR) is 69.4 cm³/mol. The van der Waals surface area contributed by atoms with Gasteiger partial charge in [0.15, 0.2) is 12.5 Å². The molecule has 0 saturated carbocycles. The van der Waals surface area contributed by atoms with Crippen LogP contribution < -0.4 is 4.74 Å². The molecule has 0 radical (unpaired) electrons. The van der Waals surface area contributed by atoms with Gasteiger partial charge < -0.3 is 14.2 Å². The SMILES string of the molecule is CCOC(=O)C(C(=O)OCC(F)(F)F)c1ccc(OC)cc1. The van der Waals surface area contributed by atoms with Gasteiger partial charge in [-0.05, 0) is 24.6 Å². The largest absolute Gasteiger partial charge is 0.497 e. The fraction of sp³-hybridized carbons (Fsp3) is 0.429. The van der Waals surface area contributed by atoms with Gasteiger partial charge in [-0.25, -0.2) is 0 Å². The number of ether oxygens (including phenoxy) is 3. The topological polar surface area (TPSA) is 61.8 Å². The molecule has 0 fully saturated rings. The van der Waals surface area contributed by atoms with Crippen LogP contribution in [0.25, 0.3) is 0 Å². The Hall–Kier alpha value is -2.25. The third-order valence-electron chi connectivity index (χ3n) is 2.59. The number of halogens is 3. The Morgan fingerprint density at radius 2 is 1.64 bits per heavy atom. The summed E-state index contributed by atoms with van der Waals surface area (Å²) in [5.41, 5.74) is 0.159. The van der Waals surface area contributed by atoms with Gasteiger partial charge in [0.25, 0.3) is 0 Å². The third kappa shape index (κ3) is 5.27. The van der Waals surface area contributed by atoms with Gasteiger partial charge >= 0.3 is 18.1 Å². The fourth-order valence-electron chi connectivity index (χ4n) is 1.63. The molecule has 1 aromatic carbocycles. The molecule has 1 aromatic rings. The first-order valence-corrected chi connectivity index (χ1v) is 6.32. The highest BCUT2D eigenvalue weighted by atomic mass is 19.4. The average Bonchev–Trinajstić information content (AvgIpc) is 2.46. The molecule has 0 saturated heterocycles. The standard InChI is InChI=1S/C14H15F3O5/c1-3-21-12(18)11(13(19)22-8-14(15,16)17)9-4-6-10(20-2)7-5-9/h4-7,11H,3,8H2,1-2H3. The van der Waals surface area contributed by atoms with Crippen LogP contribution in [0.3, 0.4) is 0 Å². The minimum absolute atomic E-state index is 0.0158. The van der Waals surface area contributed by atoms with Crippen molar-refractivity contribution in [2.24, 2.45) is 0 Å². The van der Waals surface area contributed by atoms with E-state index in [4.69, 9.17) is 9.47 Å². The lowest BCUT2D eigenvalue weighted by molar-refractivity contribution is -0.189. The quantitative estimate of drug-likeness (QED) is 0.595. The molecule has 122 valence electrons. The number of esters is 2. The van der Waals surface area contributed by atoms with Crippen LogP contribution in [-0.4, -0.2) is 38.4 Å². The molecule has 1 unspecified atom stereocenters. The van der Waals surface area contributed by atoms with Crippen LogP contribution in [0.2, 0.25) is 0 Å². The van der Waals surface area contributed by atoms with E-state index >= 15 is 0 Å². The first-order valence-electron chi connectivity index (χ1n) is 6.32. The molecule has 0 aromatic heterocycles. The summed E-state index contributed by atoms with van der Waals surface area (Å²) in [5.74, 6) is -3.40. The van der Waals surface area contributed by atoms with Gasteiger partial charge in [-0.15, -0.1) is 0 Å². The summed E-state index contributed by atoms with van der Waals surface area (Å²) in [6, 6.07) is 5.71. The van der Waals surface area contributed by atoms with Crippen molar-refractivity contribution in [2.75, 3.05) is 20.3 Å². The molecular weight excluding hydrogens is 305 g/mol. The smallest absolute Gasteiger partial charge is 0.422 e. The van der Waals surface area contributed by atoms with E-state index in [0.29, 0.717) is 5.75 Å². The van der Waals surface area contributed by atoms with Crippen LogP contribution in [0.15, 0.2) is 24.3 Å². The number of rotatable bonds is 6. The first-order chi connectivity index (χ1) is 10.3. The molecule has 0 aliphatic carbocycles. The molecule has 0 bridgehead atoms. The van der Waals surface area contributed by atoms with Crippen molar-refractivity contribution in [3.05, 3.63) is 29.8 Å². The molecule has 0 N–H and O–H groups in total. The van der Waals surface area contributed by atoms with E-state index in [9.17, 15) is 22.8 Å². The summed E-state index contributed by atoms with van der Waals surface area (Å²) >= 11 is 0. The van der Waals surface area contributed by atoms with Gasteiger partial charge in [0.05, 0.1) is 13.7 Å². The van der Waals surface area contributed by atoms with Crippen LogP contribution >= 0.6 is 0 Å². The van der Waals surface area contributed by atoms with Crippen LogP contribution in [0.5, 0.6) is 5.75 Å². The van der Waals surface area contributed by atoms with Crippen molar-refractivity contribution >= 4 is 11.9 Å². The molecule has 5 nitrogen and oxygen atoms in total. The van der Waals surface area contributed by atoms with Crippen molar-refractivity contribution in [3.8, 4) is 5.75 Å². The van der Waals surface area contributed by atoms with E-state index in [1.807, 2.05) is 0 Å². The van der Waals surface area contributed by atoms with Crippen LogP contribution in [-0.2, 0) is 19.1 Å². The van der Waals surface area contributed by atoms with E-state index in [2.05, 4.69) is 4.74 Å². The summed E-state index contributed by atoms with van der Waals surface area (Å²) in [7, 11) is 1.43. The zero-order valence-electron chi connectivity index (χ0n) is 12.0. The second kappa shape index (κ2) is 7.67. The highest BCUT2D eigenvalue weighted by molar-refractivity contribution is 6.00. The zero-order valence-corrected chi connectivity index (χ0v) is 12.0. The maximum absolute atomic E-state index is 12.1. The molecule has 1 rings (SSSR count). The van der Waals surface area contributed by atoms with Crippen molar-refractivity contribution < 1.29 is 37.0 Å². The van der Waals surface area contributed by atoms with E-state index < -0.39 is 30.6 Å². The molecule has 0 amide bonds. The maximum Gasteiger partial charge on any atom is 0.422 e. The van der Waals surface area contributed by atoms with Crippen molar-refractivity contribution in [2.45, 2.75) is 19.0 Å². The number of benzene rings is 1. The first kappa shape index (κ1) is 17.8. The zero-order chi connectivity index (χ0) is 16.8. The Labute approximate surface area is 125 Å². The Morgan fingerprint density at radius 1 is 1.09 bits per heavy atom. The highest BCUT2D eigenvalue weighted by Crippen LogP contribution is 2.24. The van der Waals surface area contributed by atoms with Gasteiger partial charge in [0.1, 0.15) is 5.75 Å². The number of alkyl halides is 3. The van der Waals surface area contributed by atoms with Crippen LogP contribution in [0, 0.1) is 0 Å². The summed E-state index contributed by atoms with van der Waals surface area (Å²) < 4.78 is 50.2. The lowest BCUT2D eigenvalue weighted by atomic mass is 9.99. The van der Waals surface area contributed by atoms with Crippen LogP contribution in [0.4, 0.5) is 13.2 Å². The third-order valence-corrected chi connectivity index (χ3v) is 2.59. The monoisotopic (exact) mass is 320 g/mol. The van der Waals surface area contributed by atoms with Crippen LogP contribution in [0.1, 0.15) is 18.4 Å². The highest BCUT2D eigenvalue weighted by Gasteiger charge is 2.36. The number of hydrogen-bond donors (Lipinski definition) is 0. The summed E-state index contributed by atoms with van der Waals surface area (Å²) in [6.07, 6.45) is -4.67. The number of carbonyl (C=O) groups is 2. The number of carbonyl (C=O) groups excluding carboxylic acids is 2. The summed E-state index contributed by atoms with van der Waals surface area (Å²) in [5, 5.41) is 0. The molecule has 0 heterocycles. The van der Waals surface area contributed by atoms with Crippen molar-refractivity contribution in [1.82, 2.24) is 0 Å². The predicted octanol–water partition coefficient (Wildman–Crippen LogP) is 2.45. The lowest BCUT2D eigenvalue weighted by Gasteiger charge is -2.16. The number of hydrogen-bond acceptors (Lipinski definition) is 5. The molecule has 0 spiro atoms. The molecule has 8 heteroatoms. The van der Waals surface area contributed by atoms with Gasteiger partial charge in [-0.3, -0.25) is 9.59 Å². The van der Waals surface area contributed by atoms with Gasteiger partial charge in [-0.1, -0.05) is 12.1 Å². The minimum atomic E-state index is -4.67. The normalized spacial score (nSPS) is 12.4. The summed E-state index contributed by atoms with van der Waals surface area (Å²) in [6.45, 7) is -0.264. The van der Waals surface area contributed by atoms with E-state index in [1.165, 1.54) is 38.3 Å². The summed E-state index contributed by atoms with van der Waals surface area (Å²) in [4.78, 5) is 23.6. The second-order valence-electron chi connectivity index (χ2n) is 4.18. The maximum atomic E-state index is 12.1. The van der Waals surface area contributed by atoms with Crippen molar-refractivity contribution in [1.29, 1.82) is 0 Å². The second-order valence-corrected chi connectivity index (χ2v) is 4.18. The van der Waals surface area contributed by atoms with Gasteiger partial charge in [0, 0.05) is 0 Å². The lowest BCUT2D eigenvalue weighted by Crippen LogP contribution is -2.29. The molecule has 0 aliphatic rings. The van der Waals surface area contributed by atoms with Crippen molar-refractivity contribution in [3.63, 3.8) is 0 Å². The van der Waals surface area contributed by atoms with E-state index in [1.54, 1.807) is 0 Å². The van der Waals surface area contributed by atoms with E-state index in [0.717, 1.165) is 0 Å². The van der Waals surface area contributed by atoms with Gasteiger partial charge in [0.2, 0.25) is 0 Å². The molecular formula is C14H15F3O5. The minimum Gasteiger partial charge on any atom is -0.497 e. The molecule has 0 aliphatic heterocycles. The Bertz CT molecular complexity index is 510. The average molecular weight is 320 g/mol. The Kier molecular flexibility index (Phi) is 6.21. The van der Waals surface area contributed by atoms with E-state index in [-0.39, 0.29) is 12.2 Å². The Morgan fingerprint density at radius 3 is 2.09 bits per heavy atom. The molecule has 1 atom stereocenters. The molecule has 22 heavy (non-hydrogen) atoms. The van der Waals surface area contributed by atoms with Gasteiger partial charge in [-0.2, -0.15) is 13.2 Å². The Balaban J connectivity index is 2.96. The fourth-order valence-corrected chi connectivity index (χ4v) is 1.63.